The van der Waals surface area contributed by atoms with Crippen molar-refractivity contribution >= 4 is 17.8 Å². The molecule has 0 saturated carbocycles. The summed E-state index contributed by atoms with van der Waals surface area (Å²) in [6.07, 6.45) is 0.197. The summed E-state index contributed by atoms with van der Waals surface area (Å²) in [6, 6.07) is 7.60. The third kappa shape index (κ3) is 3.58. The van der Waals surface area contributed by atoms with Crippen LogP contribution in [0.1, 0.15) is 27.9 Å². The average Bonchev–Trinajstić information content (AvgIpc) is 3.15. The largest absolute Gasteiger partial charge is 0.497 e. The molecule has 0 bridgehead atoms. The molecule has 4 amide bonds. The Balaban J connectivity index is 1.57. The van der Waals surface area contributed by atoms with Crippen molar-refractivity contribution in [3.63, 3.8) is 0 Å². The number of ether oxygens (including phenoxy) is 1. The van der Waals surface area contributed by atoms with Crippen LogP contribution in [0.4, 0.5) is 13.6 Å². The summed E-state index contributed by atoms with van der Waals surface area (Å²) in [4.78, 5) is 38.8. The molecule has 2 aromatic rings. The molecule has 156 valence electrons. The van der Waals surface area contributed by atoms with Gasteiger partial charge in [-0.15, -0.1) is 0 Å². The zero-order chi connectivity index (χ0) is 21.5. The summed E-state index contributed by atoms with van der Waals surface area (Å²) < 4.78 is 32.2. The summed E-state index contributed by atoms with van der Waals surface area (Å²) in [5.41, 5.74) is 0.206. The van der Waals surface area contributed by atoms with E-state index in [0.717, 1.165) is 11.6 Å². The summed E-state index contributed by atoms with van der Waals surface area (Å²) in [6.45, 7) is 0.204. The van der Waals surface area contributed by atoms with Crippen molar-refractivity contribution < 1.29 is 27.9 Å². The number of benzene rings is 2. The van der Waals surface area contributed by atoms with Crippen LogP contribution in [0.15, 0.2) is 36.4 Å². The molecule has 30 heavy (non-hydrogen) atoms. The molecule has 1 saturated heterocycles. The lowest BCUT2D eigenvalue weighted by Crippen LogP contribution is -2.55. The third-order valence-corrected chi connectivity index (χ3v) is 5.43. The van der Waals surface area contributed by atoms with Crippen LogP contribution in [-0.4, -0.2) is 41.9 Å². The Kier molecular flexibility index (Phi) is 4.89. The highest BCUT2D eigenvalue weighted by atomic mass is 19.1. The molecule has 2 aromatic carbocycles. The topological polar surface area (TPSA) is 87.7 Å². The van der Waals surface area contributed by atoms with E-state index >= 15 is 0 Å². The van der Waals surface area contributed by atoms with Crippen LogP contribution in [0.2, 0.25) is 0 Å². The SMILES string of the molecule is COc1ccc2c(c1)C(=O)N(C[C@@]1(CCc3cc(F)cc(F)c3)NC(=O)NC1=O)C2. The van der Waals surface area contributed by atoms with Crippen LogP contribution in [-0.2, 0) is 17.8 Å². The average molecular weight is 415 g/mol. The van der Waals surface area contributed by atoms with Crippen molar-refractivity contribution in [1.29, 1.82) is 0 Å². The van der Waals surface area contributed by atoms with Gasteiger partial charge in [-0.3, -0.25) is 14.9 Å². The van der Waals surface area contributed by atoms with E-state index in [1.165, 1.54) is 24.1 Å². The fourth-order valence-electron chi connectivity index (χ4n) is 3.93. The first-order valence-electron chi connectivity index (χ1n) is 9.34. The van der Waals surface area contributed by atoms with Crippen molar-refractivity contribution in [2.24, 2.45) is 0 Å². The second-order valence-electron chi connectivity index (χ2n) is 7.45. The number of halogens is 2. The lowest BCUT2D eigenvalue weighted by molar-refractivity contribution is -0.124. The first-order chi connectivity index (χ1) is 14.3. The van der Waals surface area contributed by atoms with Gasteiger partial charge in [0.2, 0.25) is 0 Å². The number of aryl methyl sites for hydroxylation is 1. The van der Waals surface area contributed by atoms with E-state index in [4.69, 9.17) is 4.74 Å². The Morgan fingerprint density at radius 2 is 1.83 bits per heavy atom. The number of urea groups is 1. The number of amides is 4. The van der Waals surface area contributed by atoms with Gasteiger partial charge in [0.15, 0.2) is 0 Å². The zero-order valence-corrected chi connectivity index (χ0v) is 16.1. The van der Waals surface area contributed by atoms with Gasteiger partial charge in [-0.25, -0.2) is 13.6 Å². The number of imide groups is 1. The highest BCUT2D eigenvalue weighted by Crippen LogP contribution is 2.30. The molecule has 2 heterocycles. The van der Waals surface area contributed by atoms with Crippen molar-refractivity contribution in [3.8, 4) is 5.75 Å². The van der Waals surface area contributed by atoms with Crippen LogP contribution in [0.3, 0.4) is 0 Å². The maximum atomic E-state index is 13.5. The van der Waals surface area contributed by atoms with E-state index in [1.54, 1.807) is 18.2 Å². The van der Waals surface area contributed by atoms with Gasteiger partial charge in [0.25, 0.3) is 11.8 Å². The van der Waals surface area contributed by atoms with Crippen molar-refractivity contribution in [3.05, 3.63) is 64.7 Å². The molecule has 2 N–H and O–H groups in total. The van der Waals surface area contributed by atoms with Crippen LogP contribution in [0.25, 0.3) is 0 Å². The molecular weight excluding hydrogens is 396 g/mol. The van der Waals surface area contributed by atoms with E-state index in [1.807, 2.05) is 0 Å². The molecule has 1 fully saturated rings. The highest BCUT2D eigenvalue weighted by Gasteiger charge is 2.48. The minimum atomic E-state index is -1.40. The zero-order valence-electron chi connectivity index (χ0n) is 16.1. The quantitative estimate of drug-likeness (QED) is 0.708. The van der Waals surface area contributed by atoms with Gasteiger partial charge in [-0.05, 0) is 48.2 Å². The predicted molar refractivity (Wildman–Crippen MR) is 102 cm³/mol. The first kappa shape index (κ1) is 19.8. The summed E-state index contributed by atoms with van der Waals surface area (Å²) in [5, 5.41) is 4.81. The minimum absolute atomic E-state index is 0.0664. The van der Waals surface area contributed by atoms with Gasteiger partial charge in [0, 0.05) is 18.2 Å². The number of methoxy groups -OCH3 is 1. The standard InChI is InChI=1S/C21H19F2N3O4/c1-30-16-3-2-13-10-26(18(27)17(13)9-16)11-21(19(28)24-20(29)25-21)5-4-12-6-14(22)8-15(23)7-12/h2-3,6-9H,4-5,10-11H2,1H3,(H2,24,25,28,29)/t21-/m1/s1. The fraction of sp³-hybridized carbons (Fsp3) is 0.286. The molecule has 0 aliphatic carbocycles. The number of fused-ring (bicyclic) bond motifs is 1. The number of nitrogens with one attached hydrogen (secondary N) is 2. The normalized spacial score (nSPS) is 20.2. The Hall–Kier alpha value is -3.49. The minimum Gasteiger partial charge on any atom is -0.497 e. The van der Waals surface area contributed by atoms with Crippen LogP contribution in [0.5, 0.6) is 5.75 Å². The van der Waals surface area contributed by atoms with Gasteiger partial charge < -0.3 is 15.0 Å². The molecule has 0 radical (unpaired) electrons. The second-order valence-corrected chi connectivity index (χ2v) is 7.45. The lowest BCUT2D eigenvalue weighted by atomic mass is 9.90. The van der Waals surface area contributed by atoms with E-state index in [9.17, 15) is 23.2 Å². The molecule has 2 aliphatic rings. The number of carbonyl (C=O) groups is 3. The van der Waals surface area contributed by atoms with Crippen molar-refractivity contribution in [2.45, 2.75) is 24.9 Å². The second kappa shape index (κ2) is 7.40. The third-order valence-electron chi connectivity index (χ3n) is 5.43. The molecule has 9 heteroatoms. The van der Waals surface area contributed by atoms with Gasteiger partial charge in [0.1, 0.15) is 22.9 Å². The Morgan fingerprint density at radius 1 is 1.10 bits per heavy atom. The highest BCUT2D eigenvalue weighted by molar-refractivity contribution is 6.08. The summed E-state index contributed by atoms with van der Waals surface area (Å²) in [7, 11) is 1.50. The summed E-state index contributed by atoms with van der Waals surface area (Å²) in [5.74, 6) is -1.77. The van der Waals surface area contributed by atoms with Gasteiger partial charge in [-0.2, -0.15) is 0 Å². The predicted octanol–water partition coefficient (Wildman–Crippen LogP) is 2.14. The molecule has 2 aliphatic heterocycles. The molecule has 1 atom stereocenters. The molecule has 0 aromatic heterocycles. The Labute approximate surface area is 171 Å². The lowest BCUT2D eigenvalue weighted by Gasteiger charge is -2.31. The first-order valence-corrected chi connectivity index (χ1v) is 9.34. The molecule has 0 unspecified atom stereocenters. The van der Waals surface area contributed by atoms with E-state index in [2.05, 4.69) is 10.6 Å². The monoisotopic (exact) mass is 415 g/mol. The molecule has 0 spiro atoms. The van der Waals surface area contributed by atoms with E-state index in [-0.39, 0.29) is 31.8 Å². The number of rotatable bonds is 6. The number of hydrogen-bond donors (Lipinski definition) is 2. The molecule has 7 nitrogen and oxygen atoms in total. The van der Waals surface area contributed by atoms with Crippen molar-refractivity contribution in [1.82, 2.24) is 15.5 Å². The van der Waals surface area contributed by atoms with Crippen LogP contribution in [0, 0.1) is 11.6 Å². The van der Waals surface area contributed by atoms with Gasteiger partial charge in [0.05, 0.1) is 13.7 Å². The van der Waals surface area contributed by atoms with E-state index in [0.29, 0.717) is 16.9 Å². The Bertz CT molecular complexity index is 1040. The van der Waals surface area contributed by atoms with Crippen molar-refractivity contribution in [2.75, 3.05) is 13.7 Å². The molecule has 4 rings (SSSR count). The van der Waals surface area contributed by atoms with Gasteiger partial charge >= 0.3 is 6.03 Å². The smallest absolute Gasteiger partial charge is 0.322 e. The molecular formula is C21H19F2N3O4. The number of hydrogen-bond acceptors (Lipinski definition) is 4. The summed E-state index contributed by atoms with van der Waals surface area (Å²) >= 11 is 0. The Morgan fingerprint density at radius 3 is 2.47 bits per heavy atom. The fourth-order valence-corrected chi connectivity index (χ4v) is 3.93. The van der Waals surface area contributed by atoms with E-state index < -0.39 is 29.1 Å². The maximum absolute atomic E-state index is 13.5. The number of carbonyl (C=O) groups excluding carboxylic acids is 3. The maximum Gasteiger partial charge on any atom is 0.322 e. The van der Waals surface area contributed by atoms with Gasteiger partial charge in [-0.1, -0.05) is 6.07 Å². The number of nitrogens with zero attached hydrogens (tertiary/aromatic N) is 1. The van der Waals surface area contributed by atoms with Crippen LogP contribution < -0.4 is 15.4 Å². The van der Waals surface area contributed by atoms with Crippen LogP contribution >= 0.6 is 0 Å².